The van der Waals surface area contributed by atoms with Crippen LogP contribution in [0.4, 0.5) is 0 Å². The van der Waals surface area contributed by atoms with E-state index in [1.807, 2.05) is 0 Å². The Morgan fingerprint density at radius 1 is 1.04 bits per heavy atom. The summed E-state index contributed by atoms with van der Waals surface area (Å²) in [7, 11) is 0. The Labute approximate surface area is 149 Å². The molecule has 3 aliphatic carbocycles. The van der Waals surface area contributed by atoms with Gasteiger partial charge in [-0.05, 0) is 55.7 Å². The van der Waals surface area contributed by atoms with E-state index in [4.69, 9.17) is 0 Å². The fourth-order valence-corrected chi connectivity index (χ4v) is 5.08. The van der Waals surface area contributed by atoms with Crippen molar-refractivity contribution in [2.75, 3.05) is 0 Å². The highest BCUT2D eigenvalue weighted by Gasteiger charge is 2.60. The van der Waals surface area contributed by atoms with Gasteiger partial charge in [0.2, 0.25) is 0 Å². The third-order valence-corrected chi connectivity index (χ3v) is 6.53. The third-order valence-electron chi connectivity index (χ3n) is 6.53. The average Bonchev–Trinajstić information content (AvgIpc) is 2.96. The van der Waals surface area contributed by atoms with Crippen LogP contribution in [0.2, 0.25) is 0 Å². The van der Waals surface area contributed by atoms with Crippen LogP contribution in [0.25, 0.3) is 10.9 Å². The summed E-state index contributed by atoms with van der Waals surface area (Å²) in [6, 6.07) is 20.2. The first-order valence-electron chi connectivity index (χ1n) is 9.59. The highest BCUT2D eigenvalue weighted by atomic mass is 15.3. The Morgan fingerprint density at radius 3 is 2.48 bits per heavy atom. The van der Waals surface area contributed by atoms with E-state index in [2.05, 4.69) is 77.6 Å². The molecule has 1 heterocycles. The van der Waals surface area contributed by atoms with E-state index < -0.39 is 0 Å². The number of fused-ring (bicyclic) bond motifs is 1. The largest absolute Gasteiger partial charge is 0.361 e. The first kappa shape index (κ1) is 15.2. The molecule has 0 radical (unpaired) electrons. The number of para-hydroxylation sites is 1. The number of benzene rings is 2. The monoisotopic (exact) mass is 330 g/mol. The van der Waals surface area contributed by atoms with Crippen molar-refractivity contribution < 1.29 is 0 Å². The normalized spacial score (nSPS) is 25.6. The molecule has 0 aliphatic heterocycles. The topological polar surface area (TPSA) is 19.0 Å². The summed E-state index contributed by atoms with van der Waals surface area (Å²) in [5.74, 6) is 1.01. The van der Waals surface area contributed by atoms with E-state index in [0.717, 1.165) is 18.9 Å². The van der Waals surface area contributed by atoms with Crippen molar-refractivity contribution in [3.8, 4) is 0 Å². The second-order valence-electron chi connectivity index (χ2n) is 8.23. The molecule has 0 spiro atoms. The molecule has 2 bridgehead atoms. The summed E-state index contributed by atoms with van der Waals surface area (Å²) in [5.41, 5.74) is 4.64. The molecule has 1 unspecified atom stereocenters. The zero-order chi connectivity index (χ0) is 16.9. The summed E-state index contributed by atoms with van der Waals surface area (Å²) in [4.78, 5) is 6.25. The molecule has 0 saturated heterocycles. The van der Waals surface area contributed by atoms with Crippen LogP contribution >= 0.6 is 0 Å². The molecule has 2 aromatic carbocycles. The van der Waals surface area contributed by atoms with Crippen molar-refractivity contribution in [3.05, 3.63) is 71.9 Å². The lowest BCUT2D eigenvalue weighted by Gasteiger charge is -2.68. The van der Waals surface area contributed by atoms with Gasteiger partial charge in [-0.3, -0.25) is 4.90 Å². The number of aromatic amines is 1. The minimum Gasteiger partial charge on any atom is -0.361 e. The van der Waals surface area contributed by atoms with Crippen LogP contribution in [-0.2, 0) is 13.0 Å². The van der Waals surface area contributed by atoms with Crippen LogP contribution in [0, 0.1) is 5.92 Å². The van der Waals surface area contributed by atoms with Crippen molar-refractivity contribution in [3.63, 3.8) is 0 Å². The van der Waals surface area contributed by atoms with Gasteiger partial charge in [-0.15, -0.1) is 0 Å². The number of H-pyrrole nitrogens is 1. The first-order chi connectivity index (χ1) is 12.2. The molecule has 3 aromatic rings. The Bertz CT molecular complexity index is 862. The molecule has 25 heavy (non-hydrogen) atoms. The van der Waals surface area contributed by atoms with Crippen molar-refractivity contribution in [2.45, 2.75) is 50.7 Å². The molecule has 2 nitrogen and oxygen atoms in total. The van der Waals surface area contributed by atoms with Gasteiger partial charge in [0.1, 0.15) is 0 Å². The van der Waals surface area contributed by atoms with E-state index in [9.17, 15) is 0 Å². The van der Waals surface area contributed by atoms with E-state index in [1.165, 1.54) is 41.3 Å². The summed E-state index contributed by atoms with van der Waals surface area (Å²) < 4.78 is 0. The molecule has 3 aliphatic rings. The van der Waals surface area contributed by atoms with E-state index in [0.29, 0.717) is 11.6 Å². The van der Waals surface area contributed by atoms with Crippen LogP contribution in [-0.4, -0.2) is 21.5 Å². The molecular weight excluding hydrogens is 304 g/mol. The molecule has 1 aromatic heterocycles. The maximum absolute atomic E-state index is 3.44. The minimum absolute atomic E-state index is 0.492. The second kappa shape index (κ2) is 5.74. The quantitative estimate of drug-likeness (QED) is 0.662. The lowest BCUT2D eigenvalue weighted by molar-refractivity contribution is -0.162. The zero-order valence-electron chi connectivity index (χ0n) is 14.9. The van der Waals surface area contributed by atoms with Gasteiger partial charge in [-0.1, -0.05) is 48.5 Å². The number of hydrogen-bond acceptors (Lipinski definition) is 1. The fraction of sp³-hybridized carbons (Fsp3) is 0.391. The summed E-state index contributed by atoms with van der Waals surface area (Å²) in [6.07, 6.45) is 7.57. The summed E-state index contributed by atoms with van der Waals surface area (Å²) in [5, 5.41) is 1.38. The average molecular weight is 330 g/mol. The highest BCUT2D eigenvalue weighted by molar-refractivity contribution is 5.83. The van der Waals surface area contributed by atoms with Crippen molar-refractivity contribution >= 4 is 10.9 Å². The predicted octanol–water partition coefficient (Wildman–Crippen LogP) is 5.15. The van der Waals surface area contributed by atoms with Gasteiger partial charge >= 0.3 is 0 Å². The lowest BCUT2D eigenvalue weighted by atomic mass is 9.48. The van der Waals surface area contributed by atoms with Crippen LogP contribution in [0.5, 0.6) is 0 Å². The molecule has 2 heteroatoms. The predicted molar refractivity (Wildman–Crippen MR) is 104 cm³/mol. The summed E-state index contributed by atoms with van der Waals surface area (Å²) >= 11 is 0. The standard InChI is InChI=1S/C23H26N2/c1-17(11-20-15-24-22-10-6-5-9-21(20)22)25(23-12-19(13-23)14-23)16-18-7-3-2-4-8-18/h2-10,15,17,19,24H,11-14,16H2,1H3. The van der Waals surface area contributed by atoms with Crippen LogP contribution in [0.15, 0.2) is 60.8 Å². The number of nitrogens with one attached hydrogen (secondary N) is 1. The number of rotatable bonds is 6. The molecule has 3 saturated carbocycles. The summed E-state index contributed by atoms with van der Waals surface area (Å²) in [6.45, 7) is 3.50. The van der Waals surface area contributed by atoms with E-state index in [-0.39, 0.29) is 0 Å². The Morgan fingerprint density at radius 2 is 1.76 bits per heavy atom. The molecule has 6 rings (SSSR count). The van der Waals surface area contributed by atoms with Crippen molar-refractivity contribution in [1.29, 1.82) is 0 Å². The number of hydrogen-bond donors (Lipinski definition) is 1. The van der Waals surface area contributed by atoms with Gasteiger partial charge in [0.15, 0.2) is 0 Å². The number of nitrogens with zero attached hydrogens (tertiary/aromatic N) is 1. The van der Waals surface area contributed by atoms with Gasteiger partial charge < -0.3 is 4.98 Å². The van der Waals surface area contributed by atoms with E-state index >= 15 is 0 Å². The lowest BCUT2D eigenvalue weighted by Crippen LogP contribution is -2.69. The molecule has 1 atom stereocenters. The molecule has 1 N–H and O–H groups in total. The number of aromatic nitrogens is 1. The van der Waals surface area contributed by atoms with Crippen LogP contribution in [0.1, 0.15) is 37.3 Å². The Balaban J connectivity index is 1.40. The molecule has 3 fully saturated rings. The van der Waals surface area contributed by atoms with E-state index in [1.54, 1.807) is 0 Å². The van der Waals surface area contributed by atoms with Gasteiger partial charge in [-0.2, -0.15) is 0 Å². The smallest absolute Gasteiger partial charge is 0.0456 e. The maximum atomic E-state index is 3.44. The van der Waals surface area contributed by atoms with Crippen molar-refractivity contribution in [2.24, 2.45) is 5.92 Å². The van der Waals surface area contributed by atoms with Crippen LogP contribution in [0.3, 0.4) is 0 Å². The second-order valence-corrected chi connectivity index (χ2v) is 8.23. The molecular formula is C23H26N2. The fourth-order valence-electron chi connectivity index (χ4n) is 5.08. The minimum atomic E-state index is 0.492. The van der Waals surface area contributed by atoms with Gasteiger partial charge in [0, 0.05) is 35.2 Å². The third kappa shape index (κ3) is 2.51. The first-order valence-corrected chi connectivity index (χ1v) is 9.59. The molecule has 0 amide bonds. The van der Waals surface area contributed by atoms with Gasteiger partial charge in [0.25, 0.3) is 0 Å². The maximum Gasteiger partial charge on any atom is 0.0456 e. The zero-order valence-corrected chi connectivity index (χ0v) is 14.9. The highest BCUT2D eigenvalue weighted by Crippen LogP contribution is 2.61. The van der Waals surface area contributed by atoms with Gasteiger partial charge in [-0.25, -0.2) is 0 Å². The van der Waals surface area contributed by atoms with Gasteiger partial charge in [0.05, 0.1) is 0 Å². The Hall–Kier alpha value is -2.06. The SMILES string of the molecule is CC(Cc1c[nH]c2ccccc12)N(Cc1ccccc1)C12CC(C1)C2. The molecule has 128 valence electrons. The Kier molecular flexibility index (Phi) is 3.49. The van der Waals surface area contributed by atoms with Crippen LogP contribution < -0.4 is 0 Å². The van der Waals surface area contributed by atoms with Crippen molar-refractivity contribution in [1.82, 2.24) is 9.88 Å².